The molecule has 0 aromatic carbocycles. The van der Waals surface area contributed by atoms with E-state index in [9.17, 15) is 4.79 Å². The standard InChI is InChI=1S/C7H11IO2/c8-6-3-1-2-5(4-6)7(9)10/h5-6H,1-4H2,(H,9,10)/t5-,6-/m1/s1. The van der Waals surface area contributed by atoms with Crippen LogP contribution >= 0.6 is 22.6 Å². The molecule has 2 nitrogen and oxygen atoms in total. The molecule has 1 saturated carbocycles. The van der Waals surface area contributed by atoms with E-state index in [-0.39, 0.29) is 5.92 Å². The van der Waals surface area contributed by atoms with Gasteiger partial charge < -0.3 is 5.11 Å². The summed E-state index contributed by atoms with van der Waals surface area (Å²) in [7, 11) is 0. The fraction of sp³-hybridized carbons (Fsp3) is 0.857. The summed E-state index contributed by atoms with van der Waals surface area (Å²) in [5.41, 5.74) is 0. The molecule has 1 fully saturated rings. The van der Waals surface area contributed by atoms with Gasteiger partial charge in [0.05, 0.1) is 5.92 Å². The van der Waals surface area contributed by atoms with Gasteiger partial charge in [0.1, 0.15) is 0 Å². The first-order valence-corrected chi connectivity index (χ1v) is 4.81. The second-order valence-electron chi connectivity index (χ2n) is 2.80. The van der Waals surface area contributed by atoms with Gasteiger partial charge in [-0.05, 0) is 19.3 Å². The van der Waals surface area contributed by atoms with Gasteiger partial charge in [0, 0.05) is 3.92 Å². The summed E-state index contributed by atoms with van der Waals surface area (Å²) in [6.07, 6.45) is 4.04. The molecule has 0 spiro atoms. The van der Waals surface area contributed by atoms with Gasteiger partial charge in [0.15, 0.2) is 0 Å². The second kappa shape index (κ2) is 3.55. The average molecular weight is 254 g/mol. The summed E-state index contributed by atoms with van der Waals surface area (Å²) >= 11 is 2.34. The van der Waals surface area contributed by atoms with E-state index in [4.69, 9.17) is 5.11 Å². The number of carboxylic acids is 1. The summed E-state index contributed by atoms with van der Waals surface area (Å²) < 4.78 is 0.590. The summed E-state index contributed by atoms with van der Waals surface area (Å²) in [5, 5.41) is 8.65. The molecule has 0 unspecified atom stereocenters. The topological polar surface area (TPSA) is 37.3 Å². The van der Waals surface area contributed by atoms with Gasteiger partial charge in [0.2, 0.25) is 0 Å². The third kappa shape index (κ3) is 2.11. The van der Waals surface area contributed by atoms with E-state index in [0.717, 1.165) is 19.3 Å². The monoisotopic (exact) mass is 254 g/mol. The molecule has 3 heteroatoms. The van der Waals surface area contributed by atoms with Gasteiger partial charge >= 0.3 is 5.97 Å². The Kier molecular flexibility index (Phi) is 2.95. The first-order valence-electron chi connectivity index (χ1n) is 3.57. The van der Waals surface area contributed by atoms with Crippen LogP contribution in [0.1, 0.15) is 25.7 Å². The van der Waals surface area contributed by atoms with Crippen LogP contribution in [0.15, 0.2) is 0 Å². The normalized spacial score (nSPS) is 33.7. The van der Waals surface area contributed by atoms with Gasteiger partial charge in [-0.15, -0.1) is 0 Å². The SMILES string of the molecule is O=C(O)[C@@H]1CCC[C@@H](I)C1. The van der Waals surface area contributed by atoms with Crippen LogP contribution in [0, 0.1) is 5.92 Å². The fourth-order valence-corrected chi connectivity index (χ4v) is 2.41. The molecule has 0 bridgehead atoms. The number of hydrogen-bond donors (Lipinski definition) is 1. The van der Waals surface area contributed by atoms with E-state index in [2.05, 4.69) is 22.6 Å². The molecule has 0 aromatic heterocycles. The highest BCUT2D eigenvalue weighted by molar-refractivity contribution is 14.1. The molecule has 0 aromatic rings. The van der Waals surface area contributed by atoms with E-state index in [1.807, 2.05) is 0 Å². The number of hydrogen-bond acceptors (Lipinski definition) is 1. The molecule has 58 valence electrons. The van der Waals surface area contributed by atoms with Gasteiger partial charge in [0.25, 0.3) is 0 Å². The van der Waals surface area contributed by atoms with E-state index in [1.165, 1.54) is 6.42 Å². The minimum Gasteiger partial charge on any atom is -0.481 e. The Morgan fingerprint density at radius 3 is 2.60 bits per heavy atom. The van der Waals surface area contributed by atoms with Crippen LogP contribution < -0.4 is 0 Å². The van der Waals surface area contributed by atoms with Crippen molar-refractivity contribution in [2.45, 2.75) is 29.6 Å². The second-order valence-corrected chi connectivity index (χ2v) is 4.56. The molecule has 1 N–H and O–H groups in total. The molecule has 1 aliphatic carbocycles. The van der Waals surface area contributed by atoms with Crippen LogP contribution in [-0.4, -0.2) is 15.0 Å². The maximum absolute atomic E-state index is 10.5. The van der Waals surface area contributed by atoms with Gasteiger partial charge in [-0.1, -0.05) is 29.0 Å². The number of carboxylic acid groups (broad SMARTS) is 1. The first-order chi connectivity index (χ1) is 4.70. The predicted octanol–water partition coefficient (Wildman–Crippen LogP) is 2.06. The van der Waals surface area contributed by atoms with Crippen molar-refractivity contribution in [2.24, 2.45) is 5.92 Å². The molecule has 0 radical (unpaired) electrons. The van der Waals surface area contributed by atoms with E-state index in [1.54, 1.807) is 0 Å². The highest BCUT2D eigenvalue weighted by atomic mass is 127. The molecule has 10 heavy (non-hydrogen) atoms. The first kappa shape index (κ1) is 8.30. The fourth-order valence-electron chi connectivity index (χ4n) is 1.35. The Balaban J connectivity index is 2.39. The number of halogens is 1. The van der Waals surface area contributed by atoms with Crippen molar-refractivity contribution < 1.29 is 9.90 Å². The Morgan fingerprint density at radius 1 is 1.50 bits per heavy atom. The van der Waals surface area contributed by atoms with Gasteiger partial charge in [-0.2, -0.15) is 0 Å². The van der Waals surface area contributed by atoms with Crippen LogP contribution in [-0.2, 0) is 4.79 Å². The van der Waals surface area contributed by atoms with Crippen molar-refractivity contribution in [1.29, 1.82) is 0 Å². The van der Waals surface area contributed by atoms with E-state index >= 15 is 0 Å². The van der Waals surface area contributed by atoms with Crippen LogP contribution in [0.25, 0.3) is 0 Å². The Bertz CT molecular complexity index is 136. The van der Waals surface area contributed by atoms with E-state index < -0.39 is 5.97 Å². The zero-order valence-corrected chi connectivity index (χ0v) is 7.87. The maximum Gasteiger partial charge on any atom is 0.306 e. The molecular formula is C7H11IO2. The molecule has 1 aliphatic rings. The molecule has 0 amide bonds. The number of aliphatic carboxylic acids is 1. The minimum atomic E-state index is -0.610. The number of carbonyl (C=O) groups is 1. The van der Waals surface area contributed by atoms with Crippen LogP contribution in [0.4, 0.5) is 0 Å². The molecule has 0 saturated heterocycles. The summed E-state index contributed by atoms with van der Waals surface area (Å²) in [6, 6.07) is 0. The average Bonchev–Trinajstić information content (AvgIpc) is 1.88. The van der Waals surface area contributed by atoms with Crippen molar-refractivity contribution >= 4 is 28.6 Å². The van der Waals surface area contributed by atoms with Crippen molar-refractivity contribution in [2.75, 3.05) is 0 Å². The van der Waals surface area contributed by atoms with Crippen LogP contribution in [0.3, 0.4) is 0 Å². The zero-order chi connectivity index (χ0) is 7.56. The molecule has 0 heterocycles. The highest BCUT2D eigenvalue weighted by Crippen LogP contribution is 2.29. The third-order valence-electron chi connectivity index (χ3n) is 1.96. The van der Waals surface area contributed by atoms with Crippen LogP contribution in [0.5, 0.6) is 0 Å². The molecule has 2 atom stereocenters. The lowest BCUT2D eigenvalue weighted by Crippen LogP contribution is -2.22. The van der Waals surface area contributed by atoms with Gasteiger partial charge in [-0.25, -0.2) is 0 Å². The summed E-state index contributed by atoms with van der Waals surface area (Å²) in [5.74, 6) is -0.669. The molecule has 1 rings (SSSR count). The largest absolute Gasteiger partial charge is 0.481 e. The molecule has 0 aliphatic heterocycles. The third-order valence-corrected chi connectivity index (χ3v) is 3.09. The highest BCUT2D eigenvalue weighted by Gasteiger charge is 2.24. The number of alkyl halides is 1. The molecular weight excluding hydrogens is 243 g/mol. The van der Waals surface area contributed by atoms with Crippen molar-refractivity contribution in [3.05, 3.63) is 0 Å². The summed E-state index contributed by atoms with van der Waals surface area (Å²) in [6.45, 7) is 0. The number of rotatable bonds is 1. The Morgan fingerprint density at radius 2 is 2.20 bits per heavy atom. The lowest BCUT2D eigenvalue weighted by atomic mass is 9.89. The maximum atomic E-state index is 10.5. The van der Waals surface area contributed by atoms with Crippen molar-refractivity contribution in [3.8, 4) is 0 Å². The van der Waals surface area contributed by atoms with Crippen molar-refractivity contribution in [3.63, 3.8) is 0 Å². The Hall–Kier alpha value is 0.200. The lowest BCUT2D eigenvalue weighted by molar-refractivity contribution is -0.142. The lowest BCUT2D eigenvalue weighted by Gasteiger charge is -2.21. The quantitative estimate of drug-likeness (QED) is 0.574. The Labute approximate surface area is 74.1 Å². The predicted molar refractivity (Wildman–Crippen MR) is 47.4 cm³/mol. The van der Waals surface area contributed by atoms with Crippen molar-refractivity contribution in [1.82, 2.24) is 0 Å². The smallest absolute Gasteiger partial charge is 0.306 e. The van der Waals surface area contributed by atoms with Gasteiger partial charge in [-0.3, -0.25) is 4.79 Å². The summed E-state index contributed by atoms with van der Waals surface area (Å²) in [4.78, 5) is 10.5. The van der Waals surface area contributed by atoms with E-state index in [0.29, 0.717) is 3.92 Å². The minimum absolute atomic E-state index is 0.0596. The van der Waals surface area contributed by atoms with Crippen LogP contribution in [0.2, 0.25) is 0 Å². The zero-order valence-electron chi connectivity index (χ0n) is 5.72.